The van der Waals surface area contributed by atoms with Gasteiger partial charge in [0.15, 0.2) is 6.29 Å². The van der Waals surface area contributed by atoms with Gasteiger partial charge in [-0.05, 0) is 38.5 Å². The molecule has 1 aliphatic rings. The highest BCUT2D eigenvalue weighted by atomic mass is 16.7. The van der Waals surface area contributed by atoms with E-state index < -0.39 is 43.4 Å². The lowest BCUT2D eigenvalue weighted by Gasteiger charge is -2.39. The van der Waals surface area contributed by atoms with E-state index in [1.165, 1.54) is 141 Å². The summed E-state index contributed by atoms with van der Waals surface area (Å²) in [5.41, 5.74) is 0. The average molecular weight is 743 g/mol. The van der Waals surface area contributed by atoms with E-state index in [9.17, 15) is 25.2 Å². The molecular weight excluding hydrogens is 660 g/mol. The summed E-state index contributed by atoms with van der Waals surface area (Å²) in [6.45, 7) is 4.55. The Morgan fingerprint density at radius 3 is 1.56 bits per heavy atom. The van der Waals surface area contributed by atoms with Crippen LogP contribution >= 0.6 is 0 Å². The smallest absolute Gasteiger partial charge is 0.306 e. The molecule has 52 heavy (non-hydrogen) atoms. The molecule has 0 aromatic rings. The Hall–Kier alpha value is -1.07. The maximum atomic E-state index is 12.7. The largest absolute Gasteiger partial charge is 0.457 e. The van der Waals surface area contributed by atoms with Crippen molar-refractivity contribution >= 4 is 5.97 Å². The van der Waals surface area contributed by atoms with Gasteiger partial charge in [-0.2, -0.15) is 0 Å². The summed E-state index contributed by atoms with van der Waals surface area (Å²) in [6, 6.07) is 0. The summed E-state index contributed by atoms with van der Waals surface area (Å²) in [4.78, 5) is 12.7. The summed E-state index contributed by atoms with van der Waals surface area (Å²) >= 11 is 0. The summed E-state index contributed by atoms with van der Waals surface area (Å²) < 4.78 is 22.8. The van der Waals surface area contributed by atoms with Crippen LogP contribution in [0.3, 0.4) is 0 Å². The fraction of sp³-hybridized carbons (Fsp3) is 0.930. The maximum Gasteiger partial charge on any atom is 0.306 e. The van der Waals surface area contributed by atoms with E-state index in [1.54, 1.807) is 0 Å². The number of carbonyl (C=O) groups is 1. The predicted molar refractivity (Wildman–Crippen MR) is 210 cm³/mol. The SMILES string of the molecule is CCCCCCCCC/C=C\CCCCCCCCCCOCC(COC1OC(CO)C(O)C(O)C1O)OC(=O)CCCCCCCCCCCC. The van der Waals surface area contributed by atoms with Gasteiger partial charge in [0.2, 0.25) is 0 Å². The molecule has 9 heteroatoms. The van der Waals surface area contributed by atoms with Crippen LogP contribution in [0.5, 0.6) is 0 Å². The van der Waals surface area contributed by atoms with Gasteiger partial charge in [-0.15, -0.1) is 0 Å². The van der Waals surface area contributed by atoms with Crippen molar-refractivity contribution < 1.29 is 44.2 Å². The lowest BCUT2D eigenvalue weighted by atomic mass is 9.99. The Morgan fingerprint density at radius 1 is 0.596 bits per heavy atom. The van der Waals surface area contributed by atoms with Crippen molar-refractivity contribution in [3.8, 4) is 0 Å². The number of unbranched alkanes of at least 4 members (excludes halogenated alkanes) is 24. The van der Waals surface area contributed by atoms with Crippen molar-refractivity contribution in [2.75, 3.05) is 26.4 Å². The Labute approximate surface area is 318 Å². The van der Waals surface area contributed by atoms with Gasteiger partial charge in [-0.25, -0.2) is 0 Å². The number of aliphatic hydroxyl groups excluding tert-OH is 4. The lowest BCUT2D eigenvalue weighted by Crippen LogP contribution is -2.59. The molecule has 6 atom stereocenters. The summed E-state index contributed by atoms with van der Waals surface area (Å²) in [5, 5.41) is 40.0. The average Bonchev–Trinajstić information content (AvgIpc) is 3.14. The second-order valence-electron chi connectivity index (χ2n) is 15.1. The van der Waals surface area contributed by atoms with Crippen LogP contribution in [-0.4, -0.2) is 89.6 Å². The Bertz CT molecular complexity index is 807. The van der Waals surface area contributed by atoms with Crippen molar-refractivity contribution in [1.29, 1.82) is 0 Å². The van der Waals surface area contributed by atoms with Crippen LogP contribution in [0.4, 0.5) is 0 Å². The van der Waals surface area contributed by atoms with Crippen LogP contribution in [0.25, 0.3) is 0 Å². The van der Waals surface area contributed by atoms with Gasteiger partial charge in [0.05, 0.1) is 19.8 Å². The fourth-order valence-electron chi connectivity index (χ4n) is 6.72. The molecule has 4 N–H and O–H groups in total. The monoisotopic (exact) mass is 743 g/mol. The molecule has 6 unspecified atom stereocenters. The van der Waals surface area contributed by atoms with Crippen molar-refractivity contribution in [3.63, 3.8) is 0 Å². The molecule has 0 aromatic carbocycles. The Balaban J connectivity index is 2.23. The van der Waals surface area contributed by atoms with Crippen LogP contribution in [-0.2, 0) is 23.7 Å². The van der Waals surface area contributed by atoms with Crippen molar-refractivity contribution in [3.05, 3.63) is 12.2 Å². The minimum absolute atomic E-state index is 0.110. The minimum atomic E-state index is -1.53. The second kappa shape index (κ2) is 35.6. The van der Waals surface area contributed by atoms with E-state index >= 15 is 0 Å². The van der Waals surface area contributed by atoms with Gasteiger partial charge in [0, 0.05) is 13.0 Å². The van der Waals surface area contributed by atoms with Gasteiger partial charge in [-0.1, -0.05) is 161 Å². The van der Waals surface area contributed by atoms with E-state index in [0.29, 0.717) is 13.0 Å². The normalized spacial score (nSPS) is 21.2. The minimum Gasteiger partial charge on any atom is -0.457 e. The topological polar surface area (TPSA) is 135 Å². The lowest BCUT2D eigenvalue weighted by molar-refractivity contribution is -0.305. The molecule has 1 heterocycles. The Kier molecular flexibility index (Phi) is 33.5. The number of aliphatic hydroxyl groups is 4. The highest BCUT2D eigenvalue weighted by Gasteiger charge is 2.44. The van der Waals surface area contributed by atoms with E-state index in [1.807, 2.05) is 0 Å². The highest BCUT2D eigenvalue weighted by Crippen LogP contribution is 2.22. The number of hydrogen-bond donors (Lipinski definition) is 4. The van der Waals surface area contributed by atoms with Gasteiger partial charge >= 0.3 is 5.97 Å². The van der Waals surface area contributed by atoms with Crippen LogP contribution < -0.4 is 0 Å². The van der Waals surface area contributed by atoms with Crippen LogP contribution in [0.15, 0.2) is 12.2 Å². The fourth-order valence-corrected chi connectivity index (χ4v) is 6.72. The number of esters is 1. The van der Waals surface area contributed by atoms with Gasteiger partial charge in [0.25, 0.3) is 0 Å². The van der Waals surface area contributed by atoms with E-state index in [-0.39, 0.29) is 19.2 Å². The number of allylic oxidation sites excluding steroid dienone is 2. The molecule has 1 rings (SSSR count). The standard InChI is InChI=1S/C43H82O9/c1-3-5-7-9-11-13-15-16-17-18-19-20-21-22-23-25-27-29-31-33-49-35-37(36-50-43-42(48)41(47)40(46)38(34-44)52-43)51-39(45)32-30-28-26-24-14-12-10-8-6-4-2/h17-18,37-38,40-44,46-48H,3-16,19-36H2,1-2H3/b18-17-. The molecule has 1 saturated heterocycles. The van der Waals surface area contributed by atoms with Crippen LogP contribution in [0, 0.1) is 0 Å². The van der Waals surface area contributed by atoms with Gasteiger partial charge in [-0.3, -0.25) is 4.79 Å². The number of carbonyl (C=O) groups excluding carboxylic acids is 1. The molecule has 0 aromatic heterocycles. The first-order chi connectivity index (χ1) is 25.4. The van der Waals surface area contributed by atoms with Crippen molar-refractivity contribution in [1.82, 2.24) is 0 Å². The molecular formula is C43H82O9. The van der Waals surface area contributed by atoms with Gasteiger partial charge in [0.1, 0.15) is 30.5 Å². The van der Waals surface area contributed by atoms with Gasteiger partial charge < -0.3 is 39.4 Å². The number of hydrogen-bond acceptors (Lipinski definition) is 9. The molecule has 0 spiro atoms. The molecule has 1 aliphatic heterocycles. The third-order valence-corrected chi connectivity index (χ3v) is 10.2. The maximum absolute atomic E-state index is 12.7. The van der Waals surface area contributed by atoms with Crippen molar-refractivity contribution in [2.45, 2.75) is 230 Å². The Morgan fingerprint density at radius 2 is 1.06 bits per heavy atom. The summed E-state index contributed by atoms with van der Waals surface area (Å²) in [7, 11) is 0. The highest BCUT2D eigenvalue weighted by molar-refractivity contribution is 5.69. The zero-order chi connectivity index (χ0) is 37.9. The quantitative estimate of drug-likeness (QED) is 0.0279. The summed E-state index contributed by atoms with van der Waals surface area (Å²) in [5.74, 6) is -0.315. The molecule has 0 saturated carbocycles. The van der Waals surface area contributed by atoms with Crippen LogP contribution in [0.1, 0.15) is 194 Å². The van der Waals surface area contributed by atoms with E-state index in [0.717, 1.165) is 32.1 Å². The molecule has 308 valence electrons. The van der Waals surface area contributed by atoms with Crippen LogP contribution in [0.2, 0.25) is 0 Å². The van der Waals surface area contributed by atoms with Crippen molar-refractivity contribution in [2.24, 2.45) is 0 Å². The molecule has 0 aliphatic carbocycles. The first-order valence-corrected chi connectivity index (χ1v) is 21.8. The number of rotatable bonds is 37. The molecule has 9 nitrogen and oxygen atoms in total. The zero-order valence-electron chi connectivity index (χ0n) is 33.6. The zero-order valence-corrected chi connectivity index (χ0v) is 33.6. The molecule has 0 radical (unpaired) electrons. The van der Waals surface area contributed by atoms with E-state index in [4.69, 9.17) is 18.9 Å². The van der Waals surface area contributed by atoms with E-state index in [2.05, 4.69) is 26.0 Å². The number of ether oxygens (including phenoxy) is 4. The third-order valence-electron chi connectivity index (χ3n) is 10.2. The first kappa shape index (κ1) is 48.9. The second-order valence-corrected chi connectivity index (χ2v) is 15.1. The first-order valence-electron chi connectivity index (χ1n) is 21.8. The predicted octanol–water partition coefficient (Wildman–Crippen LogP) is 9.25. The molecule has 0 amide bonds. The third kappa shape index (κ3) is 26.7. The molecule has 1 fully saturated rings. The molecule has 0 bridgehead atoms. The summed E-state index contributed by atoms with van der Waals surface area (Å²) in [6.07, 6.45) is 31.0.